The summed E-state index contributed by atoms with van der Waals surface area (Å²) in [4.78, 5) is 31.6. The molecule has 1 fully saturated rings. The van der Waals surface area contributed by atoms with Gasteiger partial charge in [-0.15, -0.1) is 0 Å². The Hall–Kier alpha value is -2.67. The number of hydrogen-bond donors (Lipinski definition) is 1. The lowest BCUT2D eigenvalue weighted by Gasteiger charge is -2.14. The molecular weight excluding hydrogens is 342 g/mol. The highest BCUT2D eigenvalue weighted by Crippen LogP contribution is 2.14. The lowest BCUT2D eigenvalue weighted by molar-refractivity contribution is -0.121. The van der Waals surface area contributed by atoms with Crippen LogP contribution < -0.4 is 10.9 Å². The number of aryl methyl sites for hydroxylation is 1. The molecule has 7 nitrogen and oxygen atoms in total. The number of pyridine rings is 1. The first-order chi connectivity index (χ1) is 13.2. The Labute approximate surface area is 157 Å². The monoisotopic (exact) mass is 367 g/mol. The molecule has 7 heteroatoms. The van der Waals surface area contributed by atoms with Gasteiger partial charge in [0.05, 0.1) is 17.2 Å². The molecule has 0 radical (unpaired) electrons. The molecule has 3 aromatic rings. The van der Waals surface area contributed by atoms with E-state index in [1.165, 1.54) is 25.9 Å². The maximum Gasteiger partial charge on any atom is 0.275 e. The predicted molar refractivity (Wildman–Crippen MR) is 105 cm³/mol. The number of carbonyl (C=O) groups is 1. The zero-order valence-electron chi connectivity index (χ0n) is 15.4. The van der Waals surface area contributed by atoms with E-state index in [1.807, 2.05) is 22.7 Å². The van der Waals surface area contributed by atoms with Gasteiger partial charge in [-0.25, -0.2) is 0 Å². The van der Waals surface area contributed by atoms with Gasteiger partial charge >= 0.3 is 0 Å². The molecule has 1 aliphatic rings. The summed E-state index contributed by atoms with van der Waals surface area (Å²) in [6, 6.07) is 5.54. The zero-order valence-corrected chi connectivity index (χ0v) is 15.4. The SMILES string of the molecule is O=C(CCn1c(=O)c2cccn2c2ccncc21)NCCCN1CCCC1. The van der Waals surface area contributed by atoms with Crippen molar-refractivity contribution < 1.29 is 4.79 Å². The average molecular weight is 367 g/mol. The quantitative estimate of drug-likeness (QED) is 0.645. The van der Waals surface area contributed by atoms with Crippen molar-refractivity contribution in [2.45, 2.75) is 32.2 Å². The number of rotatable bonds is 7. The second-order valence-corrected chi connectivity index (χ2v) is 7.09. The fourth-order valence-electron chi connectivity index (χ4n) is 3.86. The van der Waals surface area contributed by atoms with Crippen LogP contribution in [-0.2, 0) is 11.3 Å². The molecule has 0 aliphatic carbocycles. The highest BCUT2D eigenvalue weighted by molar-refractivity contribution is 5.79. The van der Waals surface area contributed by atoms with E-state index in [-0.39, 0.29) is 17.9 Å². The Morgan fingerprint density at radius 3 is 2.81 bits per heavy atom. The second kappa shape index (κ2) is 7.92. The highest BCUT2D eigenvalue weighted by atomic mass is 16.1. The Morgan fingerprint density at radius 2 is 1.96 bits per heavy atom. The van der Waals surface area contributed by atoms with Crippen LogP contribution in [0.25, 0.3) is 16.6 Å². The van der Waals surface area contributed by atoms with Crippen LogP contribution in [0.5, 0.6) is 0 Å². The number of carbonyl (C=O) groups excluding carboxylic acids is 1. The smallest absolute Gasteiger partial charge is 0.275 e. The van der Waals surface area contributed by atoms with Gasteiger partial charge in [0.1, 0.15) is 5.52 Å². The van der Waals surface area contributed by atoms with Crippen LogP contribution in [0.1, 0.15) is 25.7 Å². The summed E-state index contributed by atoms with van der Waals surface area (Å²) in [5.74, 6) is -0.0179. The molecule has 0 bridgehead atoms. The van der Waals surface area contributed by atoms with Crippen molar-refractivity contribution in [3.8, 4) is 0 Å². The minimum absolute atomic E-state index is 0.0179. The van der Waals surface area contributed by atoms with Crippen molar-refractivity contribution in [2.75, 3.05) is 26.2 Å². The molecule has 1 aliphatic heterocycles. The number of amides is 1. The normalized spacial score (nSPS) is 15.0. The molecule has 1 saturated heterocycles. The largest absolute Gasteiger partial charge is 0.356 e. The number of aromatic nitrogens is 3. The molecule has 4 rings (SSSR count). The van der Waals surface area contributed by atoms with Gasteiger partial charge in [-0.2, -0.15) is 0 Å². The van der Waals surface area contributed by atoms with Gasteiger partial charge < -0.3 is 19.2 Å². The van der Waals surface area contributed by atoms with Crippen LogP contribution in [0, 0.1) is 0 Å². The topological polar surface area (TPSA) is 71.6 Å². The van der Waals surface area contributed by atoms with Gasteiger partial charge in [-0.3, -0.25) is 14.6 Å². The number of nitrogens with one attached hydrogen (secondary N) is 1. The van der Waals surface area contributed by atoms with Crippen molar-refractivity contribution in [1.82, 2.24) is 24.2 Å². The minimum Gasteiger partial charge on any atom is -0.356 e. The van der Waals surface area contributed by atoms with E-state index in [2.05, 4.69) is 15.2 Å². The fourth-order valence-corrected chi connectivity index (χ4v) is 3.86. The molecule has 1 amide bonds. The van der Waals surface area contributed by atoms with E-state index in [4.69, 9.17) is 0 Å². The van der Waals surface area contributed by atoms with Gasteiger partial charge in [0, 0.05) is 31.9 Å². The summed E-state index contributed by atoms with van der Waals surface area (Å²) in [7, 11) is 0. The predicted octanol–water partition coefficient (Wildman–Crippen LogP) is 1.64. The zero-order chi connectivity index (χ0) is 18.6. The first-order valence-corrected chi connectivity index (χ1v) is 9.67. The van der Waals surface area contributed by atoms with Crippen LogP contribution in [-0.4, -0.2) is 50.9 Å². The lowest BCUT2D eigenvalue weighted by Crippen LogP contribution is -2.30. The van der Waals surface area contributed by atoms with Gasteiger partial charge in [0.15, 0.2) is 0 Å². The van der Waals surface area contributed by atoms with Crippen LogP contribution in [0.2, 0.25) is 0 Å². The molecule has 0 spiro atoms. The Bertz CT molecular complexity index is 1000. The van der Waals surface area contributed by atoms with Crippen LogP contribution in [0.3, 0.4) is 0 Å². The number of hydrogen-bond acceptors (Lipinski definition) is 4. The number of nitrogens with zero attached hydrogens (tertiary/aromatic N) is 4. The second-order valence-electron chi connectivity index (χ2n) is 7.09. The Balaban J connectivity index is 1.40. The third kappa shape index (κ3) is 3.73. The summed E-state index contributed by atoms with van der Waals surface area (Å²) in [6.45, 7) is 4.44. The maximum absolute atomic E-state index is 12.8. The van der Waals surface area contributed by atoms with Gasteiger partial charge in [0.2, 0.25) is 5.91 Å². The van der Waals surface area contributed by atoms with Crippen LogP contribution in [0.4, 0.5) is 0 Å². The van der Waals surface area contributed by atoms with E-state index < -0.39 is 0 Å². The van der Waals surface area contributed by atoms with Crippen molar-refractivity contribution >= 4 is 22.5 Å². The molecule has 3 aromatic heterocycles. The van der Waals surface area contributed by atoms with Gasteiger partial charge in [-0.1, -0.05) is 0 Å². The van der Waals surface area contributed by atoms with E-state index >= 15 is 0 Å². The number of fused-ring (bicyclic) bond motifs is 3. The summed E-state index contributed by atoms with van der Waals surface area (Å²) >= 11 is 0. The summed E-state index contributed by atoms with van der Waals surface area (Å²) in [5.41, 5.74) is 2.17. The first kappa shape index (κ1) is 17.7. The van der Waals surface area contributed by atoms with Crippen LogP contribution in [0.15, 0.2) is 41.6 Å². The van der Waals surface area contributed by atoms with E-state index in [0.717, 1.165) is 24.0 Å². The molecule has 0 aromatic carbocycles. The molecule has 0 atom stereocenters. The molecule has 4 heterocycles. The molecule has 0 unspecified atom stereocenters. The summed E-state index contributed by atoms with van der Waals surface area (Å²) < 4.78 is 3.52. The molecular formula is C20H25N5O2. The number of likely N-dealkylation sites (tertiary alicyclic amines) is 1. The summed E-state index contributed by atoms with van der Waals surface area (Å²) in [6.07, 6.45) is 9.09. The van der Waals surface area contributed by atoms with E-state index in [1.54, 1.807) is 23.0 Å². The highest BCUT2D eigenvalue weighted by Gasteiger charge is 2.13. The molecule has 0 saturated carbocycles. The van der Waals surface area contributed by atoms with Crippen molar-refractivity contribution in [3.63, 3.8) is 0 Å². The summed E-state index contributed by atoms with van der Waals surface area (Å²) in [5, 5.41) is 2.97. The molecule has 27 heavy (non-hydrogen) atoms. The lowest BCUT2D eigenvalue weighted by atomic mass is 10.3. The van der Waals surface area contributed by atoms with Crippen LogP contribution >= 0.6 is 0 Å². The maximum atomic E-state index is 12.8. The standard InChI is InChI=1S/C20H25N5O2/c26-19(22-8-4-12-23-10-1-2-11-23)7-14-25-18-15-21-9-6-16(18)24-13-3-5-17(24)20(25)27/h3,5-6,9,13,15H,1-2,4,7-8,10-12,14H2,(H,22,26). The molecule has 1 N–H and O–H groups in total. The average Bonchev–Trinajstić information content (AvgIpc) is 3.37. The van der Waals surface area contributed by atoms with Crippen molar-refractivity contribution in [1.29, 1.82) is 0 Å². The van der Waals surface area contributed by atoms with Gasteiger partial charge in [0.25, 0.3) is 5.56 Å². The third-order valence-corrected chi connectivity index (χ3v) is 5.28. The fraction of sp³-hybridized carbons (Fsp3) is 0.450. The third-order valence-electron chi connectivity index (χ3n) is 5.28. The Morgan fingerprint density at radius 1 is 1.11 bits per heavy atom. The van der Waals surface area contributed by atoms with Crippen molar-refractivity contribution in [3.05, 3.63) is 47.1 Å². The van der Waals surface area contributed by atoms with Crippen molar-refractivity contribution in [2.24, 2.45) is 0 Å². The van der Waals surface area contributed by atoms with E-state index in [0.29, 0.717) is 18.6 Å². The van der Waals surface area contributed by atoms with Gasteiger partial charge in [-0.05, 0) is 57.1 Å². The molecule has 142 valence electrons. The first-order valence-electron chi connectivity index (χ1n) is 9.67. The minimum atomic E-state index is -0.0951. The van der Waals surface area contributed by atoms with E-state index in [9.17, 15) is 9.59 Å². The Kier molecular flexibility index (Phi) is 5.20.